The molecular formula is C12H20N2O6. The molecule has 20 heavy (non-hydrogen) atoms. The summed E-state index contributed by atoms with van der Waals surface area (Å²) in [7, 11) is 2.85. The summed E-state index contributed by atoms with van der Waals surface area (Å²) in [6.07, 6.45) is -0.0523. The molecule has 8 nitrogen and oxygen atoms in total. The Bertz CT molecular complexity index is 373. The number of urea groups is 1. The van der Waals surface area contributed by atoms with Crippen LogP contribution in [0.3, 0.4) is 0 Å². The molecule has 1 fully saturated rings. The van der Waals surface area contributed by atoms with Gasteiger partial charge in [-0.15, -0.1) is 0 Å². The fourth-order valence-electron chi connectivity index (χ4n) is 1.95. The standard InChI is InChI=1S/C12H20N2O6/c1-13(4-3-11(17)19-2)12(18)14-5-6-20-8-9(14)7-10(15)16/h9H,3-8H2,1-2H3,(H,15,16). The first-order valence-electron chi connectivity index (χ1n) is 6.33. The van der Waals surface area contributed by atoms with Gasteiger partial charge >= 0.3 is 18.0 Å². The maximum absolute atomic E-state index is 12.2. The molecule has 1 heterocycles. The molecule has 2 amide bonds. The predicted octanol–water partition coefficient (Wildman–Crippen LogP) is -0.223. The third kappa shape index (κ3) is 4.69. The van der Waals surface area contributed by atoms with Crippen molar-refractivity contribution in [3.05, 3.63) is 0 Å². The predicted molar refractivity (Wildman–Crippen MR) is 68.2 cm³/mol. The van der Waals surface area contributed by atoms with Crippen molar-refractivity contribution in [2.24, 2.45) is 0 Å². The lowest BCUT2D eigenvalue weighted by Gasteiger charge is -2.37. The van der Waals surface area contributed by atoms with E-state index in [-0.39, 0.29) is 32.0 Å². The Labute approximate surface area is 117 Å². The maximum Gasteiger partial charge on any atom is 0.320 e. The lowest BCUT2D eigenvalue weighted by molar-refractivity contribution is -0.141. The highest BCUT2D eigenvalue weighted by atomic mass is 16.5. The van der Waals surface area contributed by atoms with Crippen molar-refractivity contribution in [2.75, 3.05) is 40.5 Å². The normalized spacial score (nSPS) is 18.5. The molecular weight excluding hydrogens is 268 g/mol. The Balaban J connectivity index is 2.57. The van der Waals surface area contributed by atoms with E-state index in [1.807, 2.05) is 0 Å². The van der Waals surface area contributed by atoms with E-state index in [4.69, 9.17) is 9.84 Å². The number of carbonyl (C=O) groups excluding carboxylic acids is 2. The number of carbonyl (C=O) groups is 3. The maximum atomic E-state index is 12.2. The molecule has 1 aliphatic heterocycles. The van der Waals surface area contributed by atoms with Crippen molar-refractivity contribution >= 4 is 18.0 Å². The number of rotatable bonds is 5. The minimum atomic E-state index is -0.976. The van der Waals surface area contributed by atoms with Gasteiger partial charge < -0.3 is 24.4 Å². The van der Waals surface area contributed by atoms with Gasteiger partial charge in [-0.25, -0.2) is 4.79 Å². The van der Waals surface area contributed by atoms with Crippen LogP contribution in [0.1, 0.15) is 12.8 Å². The number of carboxylic acids is 1. The fraction of sp³-hybridized carbons (Fsp3) is 0.750. The number of aliphatic carboxylic acids is 1. The molecule has 0 bridgehead atoms. The Morgan fingerprint density at radius 3 is 2.75 bits per heavy atom. The van der Waals surface area contributed by atoms with E-state index < -0.39 is 18.0 Å². The second kappa shape index (κ2) is 7.68. The summed E-state index contributed by atoms with van der Waals surface area (Å²) in [6.45, 7) is 1.16. The topological polar surface area (TPSA) is 96.4 Å². The van der Waals surface area contributed by atoms with Gasteiger partial charge in [-0.3, -0.25) is 9.59 Å². The zero-order valence-corrected chi connectivity index (χ0v) is 11.7. The van der Waals surface area contributed by atoms with Gasteiger partial charge in [0.05, 0.1) is 39.2 Å². The first kappa shape index (κ1) is 16.2. The number of methoxy groups -OCH3 is 1. The van der Waals surface area contributed by atoms with Crippen LogP contribution in [0.5, 0.6) is 0 Å². The Hall–Kier alpha value is -1.83. The van der Waals surface area contributed by atoms with Crippen molar-refractivity contribution in [1.29, 1.82) is 0 Å². The van der Waals surface area contributed by atoms with E-state index in [0.29, 0.717) is 13.2 Å². The largest absolute Gasteiger partial charge is 0.481 e. The molecule has 0 aromatic heterocycles. The molecule has 1 saturated heterocycles. The highest BCUT2D eigenvalue weighted by molar-refractivity contribution is 5.77. The van der Waals surface area contributed by atoms with Gasteiger partial charge in [-0.2, -0.15) is 0 Å². The van der Waals surface area contributed by atoms with Crippen molar-refractivity contribution in [3.8, 4) is 0 Å². The van der Waals surface area contributed by atoms with Crippen LogP contribution in [0, 0.1) is 0 Å². The van der Waals surface area contributed by atoms with Gasteiger partial charge in [-0.1, -0.05) is 0 Å². The molecule has 1 N–H and O–H groups in total. The Kier molecular flexibility index (Phi) is 6.23. The molecule has 1 rings (SSSR count). The molecule has 0 aliphatic carbocycles. The number of hydrogen-bond acceptors (Lipinski definition) is 5. The van der Waals surface area contributed by atoms with E-state index in [2.05, 4.69) is 4.74 Å². The van der Waals surface area contributed by atoms with E-state index in [0.717, 1.165) is 0 Å². The van der Waals surface area contributed by atoms with Gasteiger partial charge in [0.15, 0.2) is 0 Å². The van der Waals surface area contributed by atoms with Crippen LogP contribution in [-0.2, 0) is 19.1 Å². The van der Waals surface area contributed by atoms with Crippen LogP contribution in [0.2, 0.25) is 0 Å². The van der Waals surface area contributed by atoms with E-state index in [9.17, 15) is 14.4 Å². The average Bonchev–Trinajstić information content (AvgIpc) is 2.43. The van der Waals surface area contributed by atoms with Gasteiger partial charge in [0.2, 0.25) is 0 Å². The van der Waals surface area contributed by atoms with Gasteiger partial charge in [0.1, 0.15) is 0 Å². The van der Waals surface area contributed by atoms with Crippen LogP contribution in [-0.4, -0.2) is 79.4 Å². The van der Waals surface area contributed by atoms with Crippen LogP contribution in [0.25, 0.3) is 0 Å². The zero-order valence-electron chi connectivity index (χ0n) is 11.7. The number of esters is 1. The SMILES string of the molecule is COC(=O)CCN(C)C(=O)N1CCOCC1CC(=O)O. The lowest BCUT2D eigenvalue weighted by Crippen LogP contribution is -2.53. The summed E-state index contributed by atoms with van der Waals surface area (Å²) in [4.78, 5) is 37.0. The van der Waals surface area contributed by atoms with E-state index >= 15 is 0 Å². The van der Waals surface area contributed by atoms with Crippen molar-refractivity contribution in [3.63, 3.8) is 0 Å². The van der Waals surface area contributed by atoms with Crippen molar-refractivity contribution in [1.82, 2.24) is 9.80 Å². The van der Waals surface area contributed by atoms with Crippen LogP contribution >= 0.6 is 0 Å². The van der Waals surface area contributed by atoms with Crippen molar-refractivity contribution < 1.29 is 29.0 Å². The molecule has 0 aromatic carbocycles. The lowest BCUT2D eigenvalue weighted by atomic mass is 10.1. The number of amides is 2. The van der Waals surface area contributed by atoms with Crippen molar-refractivity contribution in [2.45, 2.75) is 18.9 Å². The first-order valence-corrected chi connectivity index (χ1v) is 6.33. The third-order valence-electron chi connectivity index (χ3n) is 3.09. The first-order chi connectivity index (χ1) is 9.45. The average molecular weight is 288 g/mol. The van der Waals surface area contributed by atoms with Crippen LogP contribution in [0.4, 0.5) is 4.79 Å². The second-order valence-corrected chi connectivity index (χ2v) is 4.55. The highest BCUT2D eigenvalue weighted by Crippen LogP contribution is 2.13. The quantitative estimate of drug-likeness (QED) is 0.702. The summed E-state index contributed by atoms with van der Waals surface area (Å²) in [5.41, 5.74) is 0. The molecule has 1 atom stereocenters. The third-order valence-corrected chi connectivity index (χ3v) is 3.09. The Morgan fingerprint density at radius 2 is 2.15 bits per heavy atom. The number of hydrogen-bond donors (Lipinski definition) is 1. The fourth-order valence-corrected chi connectivity index (χ4v) is 1.95. The molecule has 0 spiro atoms. The monoisotopic (exact) mass is 288 g/mol. The summed E-state index contributed by atoms with van der Waals surface area (Å²) < 4.78 is 9.72. The second-order valence-electron chi connectivity index (χ2n) is 4.55. The van der Waals surface area contributed by atoms with Gasteiger partial charge in [-0.05, 0) is 0 Å². The summed E-state index contributed by atoms with van der Waals surface area (Å²) in [5, 5.41) is 8.84. The summed E-state index contributed by atoms with van der Waals surface area (Å²) in [6, 6.07) is -0.780. The molecule has 1 unspecified atom stereocenters. The van der Waals surface area contributed by atoms with Crippen LogP contribution in [0.15, 0.2) is 0 Å². The van der Waals surface area contributed by atoms with Crippen LogP contribution < -0.4 is 0 Å². The van der Waals surface area contributed by atoms with E-state index in [1.165, 1.54) is 16.9 Å². The smallest absolute Gasteiger partial charge is 0.320 e. The van der Waals surface area contributed by atoms with Gasteiger partial charge in [0.25, 0.3) is 0 Å². The number of nitrogens with zero attached hydrogens (tertiary/aromatic N) is 2. The number of ether oxygens (including phenoxy) is 2. The molecule has 0 radical (unpaired) electrons. The minimum absolute atomic E-state index is 0.104. The van der Waals surface area contributed by atoms with Gasteiger partial charge in [0, 0.05) is 20.1 Å². The molecule has 1 aliphatic rings. The Morgan fingerprint density at radius 1 is 1.45 bits per heavy atom. The molecule has 0 saturated carbocycles. The zero-order chi connectivity index (χ0) is 15.1. The molecule has 114 valence electrons. The minimum Gasteiger partial charge on any atom is -0.481 e. The highest BCUT2D eigenvalue weighted by Gasteiger charge is 2.30. The summed E-state index contributed by atoms with van der Waals surface area (Å²) in [5.74, 6) is -1.37. The number of carboxylic acid groups (broad SMARTS) is 1. The molecule has 0 aromatic rings. The molecule has 8 heteroatoms. The summed E-state index contributed by atoms with van der Waals surface area (Å²) >= 11 is 0. The van der Waals surface area contributed by atoms with E-state index in [1.54, 1.807) is 7.05 Å². The number of morpholine rings is 1.